The summed E-state index contributed by atoms with van der Waals surface area (Å²) in [6.45, 7) is 10.6. The first-order valence-corrected chi connectivity index (χ1v) is 10.9. The van der Waals surface area contributed by atoms with Crippen LogP contribution in [0.15, 0.2) is 60.7 Å². The van der Waals surface area contributed by atoms with E-state index in [2.05, 4.69) is 84.3 Å². The highest BCUT2D eigenvalue weighted by molar-refractivity contribution is 5.46. The summed E-state index contributed by atoms with van der Waals surface area (Å²) in [6.07, 6.45) is 3.70. The summed E-state index contributed by atoms with van der Waals surface area (Å²) in [7, 11) is 0. The van der Waals surface area contributed by atoms with Crippen LogP contribution in [0.25, 0.3) is 0 Å². The van der Waals surface area contributed by atoms with Gasteiger partial charge in [0, 0.05) is 25.4 Å². The summed E-state index contributed by atoms with van der Waals surface area (Å²) in [6, 6.07) is 22.1. The molecule has 1 aliphatic heterocycles. The summed E-state index contributed by atoms with van der Waals surface area (Å²) in [5.74, 6) is 0.586. The number of anilines is 1. The van der Waals surface area contributed by atoms with Gasteiger partial charge in [-0.05, 0) is 56.0 Å². The maximum Gasteiger partial charge on any atom is 0.0639 e. The van der Waals surface area contributed by atoms with Gasteiger partial charge < -0.3 is 9.64 Å². The molecular weight excluding hydrogens is 344 g/mol. The van der Waals surface area contributed by atoms with E-state index < -0.39 is 0 Å². The third-order valence-electron chi connectivity index (χ3n) is 5.48. The quantitative estimate of drug-likeness (QED) is 0.553. The molecular formula is C25H36N2O. The molecule has 0 spiro atoms. The van der Waals surface area contributed by atoms with E-state index in [0.717, 1.165) is 32.7 Å². The Bertz CT molecular complexity index is 653. The average molecular weight is 381 g/mol. The predicted octanol–water partition coefficient (Wildman–Crippen LogP) is 4.87. The molecule has 0 saturated carbocycles. The maximum atomic E-state index is 6.10. The van der Waals surface area contributed by atoms with Gasteiger partial charge >= 0.3 is 0 Å². The Balaban J connectivity index is 1.68. The molecule has 3 rings (SSSR count). The Hall–Kier alpha value is -1.84. The predicted molar refractivity (Wildman–Crippen MR) is 119 cm³/mol. The van der Waals surface area contributed by atoms with E-state index in [4.69, 9.17) is 4.74 Å². The Morgan fingerprint density at radius 2 is 1.54 bits per heavy atom. The lowest BCUT2D eigenvalue weighted by Gasteiger charge is -2.34. The van der Waals surface area contributed by atoms with E-state index >= 15 is 0 Å². The first-order chi connectivity index (χ1) is 13.7. The van der Waals surface area contributed by atoms with Crippen LogP contribution in [0, 0.1) is 5.92 Å². The Morgan fingerprint density at radius 1 is 0.893 bits per heavy atom. The zero-order valence-corrected chi connectivity index (χ0v) is 17.6. The Labute approximate surface area is 171 Å². The third-order valence-corrected chi connectivity index (χ3v) is 5.48. The summed E-state index contributed by atoms with van der Waals surface area (Å²) >= 11 is 0. The van der Waals surface area contributed by atoms with Crippen molar-refractivity contribution in [3.8, 4) is 0 Å². The Morgan fingerprint density at radius 3 is 2.18 bits per heavy atom. The van der Waals surface area contributed by atoms with Crippen LogP contribution in [0.2, 0.25) is 0 Å². The number of hydrogen-bond acceptors (Lipinski definition) is 3. The van der Waals surface area contributed by atoms with E-state index in [1.807, 2.05) is 0 Å². The lowest BCUT2D eigenvalue weighted by molar-refractivity contribution is 0.0569. The third kappa shape index (κ3) is 6.65. The van der Waals surface area contributed by atoms with Crippen LogP contribution in [0.5, 0.6) is 0 Å². The zero-order chi connectivity index (χ0) is 19.6. The zero-order valence-electron chi connectivity index (χ0n) is 17.6. The van der Waals surface area contributed by atoms with Crippen molar-refractivity contribution < 1.29 is 4.74 Å². The summed E-state index contributed by atoms with van der Waals surface area (Å²) in [5.41, 5.74) is 2.71. The molecule has 1 heterocycles. The monoisotopic (exact) mass is 380 g/mol. The number of nitrogens with zero attached hydrogens (tertiary/aromatic N) is 2. The van der Waals surface area contributed by atoms with Gasteiger partial charge in [0.1, 0.15) is 0 Å². The van der Waals surface area contributed by atoms with E-state index in [9.17, 15) is 0 Å². The van der Waals surface area contributed by atoms with Crippen LogP contribution in [0.3, 0.4) is 0 Å². The lowest BCUT2D eigenvalue weighted by Crippen LogP contribution is -2.46. The molecule has 3 heteroatoms. The van der Waals surface area contributed by atoms with E-state index in [-0.39, 0.29) is 0 Å². The highest BCUT2D eigenvalue weighted by Gasteiger charge is 2.24. The van der Waals surface area contributed by atoms with Crippen molar-refractivity contribution >= 4 is 5.69 Å². The number of hydrogen-bond donors (Lipinski definition) is 0. The molecule has 0 bridgehead atoms. The van der Waals surface area contributed by atoms with Crippen molar-refractivity contribution in [2.24, 2.45) is 5.92 Å². The van der Waals surface area contributed by atoms with Gasteiger partial charge in [-0.2, -0.15) is 0 Å². The van der Waals surface area contributed by atoms with Crippen molar-refractivity contribution in [3.63, 3.8) is 0 Å². The molecule has 0 radical (unpaired) electrons. The number of benzene rings is 2. The molecule has 3 nitrogen and oxygen atoms in total. The minimum absolute atomic E-state index is 0.456. The van der Waals surface area contributed by atoms with Crippen LogP contribution in [0.4, 0.5) is 5.69 Å². The van der Waals surface area contributed by atoms with Crippen LogP contribution < -0.4 is 4.90 Å². The highest BCUT2D eigenvalue weighted by atomic mass is 16.5. The van der Waals surface area contributed by atoms with Gasteiger partial charge in [0.25, 0.3) is 0 Å². The summed E-state index contributed by atoms with van der Waals surface area (Å²) in [5, 5.41) is 0. The minimum atomic E-state index is 0.456. The molecule has 1 fully saturated rings. The van der Waals surface area contributed by atoms with Gasteiger partial charge in [-0.25, -0.2) is 0 Å². The number of para-hydroxylation sites is 1. The highest BCUT2D eigenvalue weighted by Crippen LogP contribution is 2.19. The van der Waals surface area contributed by atoms with Gasteiger partial charge in [0.05, 0.1) is 12.6 Å². The largest absolute Gasteiger partial charge is 0.379 e. The Kier molecular flexibility index (Phi) is 8.38. The second-order valence-corrected chi connectivity index (χ2v) is 8.35. The lowest BCUT2D eigenvalue weighted by atomic mass is 10.1. The normalized spacial score (nSPS) is 15.8. The molecule has 1 atom stereocenters. The van der Waals surface area contributed by atoms with Crippen molar-refractivity contribution in [3.05, 3.63) is 66.2 Å². The fourth-order valence-corrected chi connectivity index (χ4v) is 3.95. The molecule has 0 aromatic heterocycles. The number of likely N-dealkylation sites (tertiary alicyclic amines) is 1. The fraction of sp³-hybridized carbons (Fsp3) is 0.520. The van der Waals surface area contributed by atoms with Gasteiger partial charge in [-0.1, -0.05) is 62.4 Å². The van der Waals surface area contributed by atoms with Gasteiger partial charge in [0.2, 0.25) is 0 Å². The van der Waals surface area contributed by atoms with E-state index in [1.54, 1.807) is 0 Å². The van der Waals surface area contributed by atoms with Crippen molar-refractivity contribution in [2.75, 3.05) is 44.3 Å². The first kappa shape index (κ1) is 20.9. The van der Waals surface area contributed by atoms with Crippen LogP contribution in [0.1, 0.15) is 32.3 Å². The molecule has 1 unspecified atom stereocenters. The standard InChI is InChI=1S/C25H36N2O/c1-22(2)20-28-21-25(26-16-9-10-17-26)19-27(24-13-7-4-8-14-24)18-15-23-11-5-3-6-12-23/h3-8,11-14,22,25H,9-10,15-21H2,1-2H3. The maximum absolute atomic E-state index is 6.10. The number of rotatable bonds is 11. The topological polar surface area (TPSA) is 15.7 Å². The molecule has 1 aliphatic rings. The molecule has 2 aromatic rings. The minimum Gasteiger partial charge on any atom is -0.379 e. The molecule has 0 amide bonds. The first-order valence-electron chi connectivity index (χ1n) is 10.9. The molecule has 152 valence electrons. The molecule has 28 heavy (non-hydrogen) atoms. The second-order valence-electron chi connectivity index (χ2n) is 8.35. The molecule has 0 aliphatic carbocycles. The van der Waals surface area contributed by atoms with Crippen LogP contribution >= 0.6 is 0 Å². The van der Waals surface area contributed by atoms with Crippen molar-refractivity contribution in [1.29, 1.82) is 0 Å². The van der Waals surface area contributed by atoms with Gasteiger partial charge in [-0.15, -0.1) is 0 Å². The van der Waals surface area contributed by atoms with Crippen LogP contribution in [-0.2, 0) is 11.2 Å². The summed E-state index contributed by atoms with van der Waals surface area (Å²) in [4.78, 5) is 5.19. The van der Waals surface area contributed by atoms with E-state index in [1.165, 1.54) is 37.2 Å². The van der Waals surface area contributed by atoms with Gasteiger partial charge in [-0.3, -0.25) is 4.90 Å². The SMILES string of the molecule is CC(C)COCC(CN(CCc1ccccc1)c1ccccc1)N1CCCC1. The smallest absolute Gasteiger partial charge is 0.0639 e. The summed E-state index contributed by atoms with van der Waals surface area (Å²) < 4.78 is 6.10. The van der Waals surface area contributed by atoms with E-state index in [0.29, 0.717) is 12.0 Å². The average Bonchev–Trinajstić information content (AvgIpc) is 3.26. The van der Waals surface area contributed by atoms with Gasteiger partial charge in [0.15, 0.2) is 0 Å². The van der Waals surface area contributed by atoms with Crippen LogP contribution in [-0.4, -0.2) is 50.3 Å². The fourth-order valence-electron chi connectivity index (χ4n) is 3.95. The second kappa shape index (κ2) is 11.2. The molecule has 0 N–H and O–H groups in total. The number of ether oxygens (including phenoxy) is 1. The molecule has 1 saturated heterocycles. The van der Waals surface area contributed by atoms with Crippen molar-refractivity contribution in [2.45, 2.75) is 39.2 Å². The molecule has 2 aromatic carbocycles. The van der Waals surface area contributed by atoms with Crippen molar-refractivity contribution in [1.82, 2.24) is 4.90 Å².